The van der Waals surface area contributed by atoms with Gasteiger partial charge in [0, 0.05) is 10.0 Å². The molecule has 96 valence electrons. The van der Waals surface area contributed by atoms with E-state index in [-0.39, 0.29) is 6.04 Å². The summed E-state index contributed by atoms with van der Waals surface area (Å²) in [6, 6.07) is 5.84. The number of nitrogens with zero attached hydrogens (tertiary/aromatic N) is 1. The summed E-state index contributed by atoms with van der Waals surface area (Å²) in [5, 5.41) is 7.34. The monoisotopic (exact) mass is 309 g/mol. The molecular formula is C13H16BrN3O. The lowest BCUT2D eigenvalue weighted by Crippen LogP contribution is -2.10. The van der Waals surface area contributed by atoms with Crippen molar-refractivity contribution in [3.63, 3.8) is 0 Å². The number of nitrogens with two attached hydrogens (primary N) is 1. The van der Waals surface area contributed by atoms with Crippen LogP contribution in [0.5, 0.6) is 0 Å². The Balaban J connectivity index is 2.26. The molecule has 1 aromatic heterocycles. The van der Waals surface area contributed by atoms with Crippen LogP contribution < -0.4 is 11.1 Å². The zero-order valence-corrected chi connectivity index (χ0v) is 12.2. The number of nitrogen functional groups attached to an aromatic ring is 1. The van der Waals surface area contributed by atoms with Gasteiger partial charge in [-0.1, -0.05) is 21.1 Å². The minimum absolute atomic E-state index is 0.0906. The molecule has 2 aromatic rings. The van der Waals surface area contributed by atoms with Crippen LogP contribution in [0, 0.1) is 13.8 Å². The summed E-state index contributed by atoms with van der Waals surface area (Å²) < 4.78 is 6.17. The Morgan fingerprint density at radius 2 is 2.11 bits per heavy atom. The maximum atomic E-state index is 5.94. The van der Waals surface area contributed by atoms with E-state index < -0.39 is 0 Å². The van der Waals surface area contributed by atoms with Crippen molar-refractivity contribution in [2.75, 3.05) is 11.1 Å². The first-order chi connectivity index (χ1) is 8.49. The van der Waals surface area contributed by atoms with Crippen molar-refractivity contribution in [1.29, 1.82) is 0 Å². The largest absolute Gasteiger partial charge is 0.397 e. The van der Waals surface area contributed by atoms with Crippen LogP contribution in [0.4, 0.5) is 11.4 Å². The van der Waals surface area contributed by atoms with Gasteiger partial charge in [0.1, 0.15) is 5.76 Å². The van der Waals surface area contributed by atoms with E-state index in [2.05, 4.69) is 33.3 Å². The summed E-state index contributed by atoms with van der Waals surface area (Å²) in [6.45, 7) is 5.92. The standard InChI is InChI=1S/C13H16BrN3O/c1-7(13-8(2)17-18-9(13)3)16-12-6-10(14)4-5-11(12)15/h4-7,16H,15H2,1-3H3. The molecule has 0 saturated carbocycles. The fourth-order valence-corrected chi connectivity index (χ4v) is 2.43. The average molecular weight is 310 g/mol. The second-order valence-electron chi connectivity index (χ2n) is 4.34. The van der Waals surface area contributed by atoms with Gasteiger partial charge in [-0.2, -0.15) is 0 Å². The van der Waals surface area contributed by atoms with E-state index in [1.807, 2.05) is 32.0 Å². The minimum atomic E-state index is 0.0906. The molecule has 0 saturated heterocycles. The fraction of sp³-hybridized carbons (Fsp3) is 0.308. The van der Waals surface area contributed by atoms with Crippen LogP contribution in [0.15, 0.2) is 27.2 Å². The predicted molar refractivity (Wildman–Crippen MR) is 76.6 cm³/mol. The first kappa shape index (κ1) is 13.0. The van der Waals surface area contributed by atoms with Gasteiger partial charge in [-0.25, -0.2) is 0 Å². The topological polar surface area (TPSA) is 64.1 Å². The highest BCUT2D eigenvalue weighted by molar-refractivity contribution is 9.10. The Morgan fingerprint density at radius 3 is 2.72 bits per heavy atom. The minimum Gasteiger partial charge on any atom is -0.397 e. The molecule has 0 spiro atoms. The Kier molecular flexibility index (Phi) is 3.61. The third-order valence-electron chi connectivity index (χ3n) is 2.91. The molecule has 0 aliphatic rings. The first-order valence-corrected chi connectivity index (χ1v) is 6.52. The summed E-state index contributed by atoms with van der Waals surface area (Å²) in [4.78, 5) is 0. The number of anilines is 2. The number of benzene rings is 1. The van der Waals surface area contributed by atoms with Gasteiger partial charge in [-0.15, -0.1) is 0 Å². The van der Waals surface area contributed by atoms with Gasteiger partial charge < -0.3 is 15.6 Å². The molecule has 0 aliphatic heterocycles. The third kappa shape index (κ3) is 2.51. The van der Waals surface area contributed by atoms with Crippen LogP contribution in [0.3, 0.4) is 0 Å². The maximum Gasteiger partial charge on any atom is 0.139 e. The van der Waals surface area contributed by atoms with Gasteiger partial charge in [0.25, 0.3) is 0 Å². The molecule has 1 heterocycles. The number of hydrogen-bond acceptors (Lipinski definition) is 4. The summed E-state index contributed by atoms with van der Waals surface area (Å²) in [5.74, 6) is 0.834. The van der Waals surface area contributed by atoms with Crippen molar-refractivity contribution >= 4 is 27.3 Å². The molecule has 0 radical (unpaired) electrons. The molecule has 1 aromatic carbocycles. The first-order valence-electron chi connectivity index (χ1n) is 5.73. The highest BCUT2D eigenvalue weighted by atomic mass is 79.9. The normalized spacial score (nSPS) is 12.4. The van der Waals surface area contributed by atoms with E-state index in [9.17, 15) is 0 Å². The SMILES string of the molecule is Cc1noc(C)c1C(C)Nc1cc(Br)ccc1N. The van der Waals surface area contributed by atoms with Gasteiger partial charge in [-0.3, -0.25) is 0 Å². The Bertz CT molecular complexity index is 546. The zero-order chi connectivity index (χ0) is 13.3. The van der Waals surface area contributed by atoms with Crippen molar-refractivity contribution in [1.82, 2.24) is 5.16 Å². The smallest absolute Gasteiger partial charge is 0.139 e. The van der Waals surface area contributed by atoms with Crippen LogP contribution in [0.2, 0.25) is 0 Å². The number of hydrogen-bond donors (Lipinski definition) is 2. The van der Waals surface area contributed by atoms with Gasteiger partial charge in [0.2, 0.25) is 0 Å². The molecule has 0 fully saturated rings. The number of nitrogens with one attached hydrogen (secondary N) is 1. The van der Waals surface area contributed by atoms with Gasteiger partial charge in [-0.05, 0) is 39.0 Å². The van der Waals surface area contributed by atoms with Crippen molar-refractivity contribution in [2.24, 2.45) is 0 Å². The van der Waals surface area contributed by atoms with Crippen LogP contribution in [0.25, 0.3) is 0 Å². The fourth-order valence-electron chi connectivity index (χ4n) is 2.07. The molecule has 0 aliphatic carbocycles. The number of halogens is 1. The van der Waals surface area contributed by atoms with Crippen LogP contribution in [-0.4, -0.2) is 5.16 Å². The van der Waals surface area contributed by atoms with Crippen LogP contribution in [0.1, 0.15) is 30.0 Å². The van der Waals surface area contributed by atoms with Crippen molar-refractivity contribution < 1.29 is 4.52 Å². The van der Waals surface area contributed by atoms with E-state index in [0.717, 1.165) is 32.9 Å². The molecule has 5 heteroatoms. The molecule has 1 atom stereocenters. The van der Waals surface area contributed by atoms with E-state index in [1.54, 1.807) is 0 Å². The van der Waals surface area contributed by atoms with Gasteiger partial charge >= 0.3 is 0 Å². The third-order valence-corrected chi connectivity index (χ3v) is 3.40. The second kappa shape index (κ2) is 5.02. The molecule has 1 unspecified atom stereocenters. The second-order valence-corrected chi connectivity index (χ2v) is 5.25. The van der Waals surface area contributed by atoms with E-state index in [1.165, 1.54) is 0 Å². The van der Waals surface area contributed by atoms with E-state index >= 15 is 0 Å². The Hall–Kier alpha value is -1.49. The summed E-state index contributed by atoms with van der Waals surface area (Å²) in [5.41, 5.74) is 9.55. The Morgan fingerprint density at radius 1 is 1.39 bits per heavy atom. The average Bonchev–Trinajstić information content (AvgIpc) is 2.63. The van der Waals surface area contributed by atoms with Crippen molar-refractivity contribution in [3.8, 4) is 0 Å². The van der Waals surface area contributed by atoms with Crippen LogP contribution >= 0.6 is 15.9 Å². The number of rotatable bonds is 3. The van der Waals surface area contributed by atoms with Gasteiger partial charge in [0.15, 0.2) is 0 Å². The van der Waals surface area contributed by atoms with Crippen molar-refractivity contribution in [2.45, 2.75) is 26.8 Å². The highest BCUT2D eigenvalue weighted by Crippen LogP contribution is 2.29. The molecule has 18 heavy (non-hydrogen) atoms. The quantitative estimate of drug-likeness (QED) is 0.846. The molecule has 3 N–H and O–H groups in total. The summed E-state index contributed by atoms with van der Waals surface area (Å²) in [7, 11) is 0. The van der Waals surface area contributed by atoms with Crippen molar-refractivity contribution in [3.05, 3.63) is 39.7 Å². The summed E-state index contributed by atoms with van der Waals surface area (Å²) in [6.07, 6.45) is 0. The molecule has 2 rings (SSSR count). The lowest BCUT2D eigenvalue weighted by molar-refractivity contribution is 0.392. The van der Waals surface area contributed by atoms with Gasteiger partial charge in [0.05, 0.1) is 23.1 Å². The van der Waals surface area contributed by atoms with E-state index in [0.29, 0.717) is 0 Å². The van der Waals surface area contributed by atoms with Crippen LogP contribution in [-0.2, 0) is 0 Å². The number of aromatic nitrogens is 1. The lowest BCUT2D eigenvalue weighted by Gasteiger charge is -2.17. The molecule has 0 amide bonds. The lowest BCUT2D eigenvalue weighted by atomic mass is 10.1. The summed E-state index contributed by atoms with van der Waals surface area (Å²) >= 11 is 3.44. The van der Waals surface area contributed by atoms with E-state index in [4.69, 9.17) is 10.3 Å². The maximum absolute atomic E-state index is 5.94. The Labute approximate surface area is 115 Å². The zero-order valence-electron chi connectivity index (χ0n) is 10.6. The molecule has 0 bridgehead atoms. The highest BCUT2D eigenvalue weighted by Gasteiger charge is 2.16. The molecule has 4 nitrogen and oxygen atoms in total. The predicted octanol–water partition coefficient (Wildman–Crippen LogP) is 3.81. The molecular weight excluding hydrogens is 294 g/mol. The number of aryl methyl sites for hydroxylation is 2.